The van der Waals surface area contributed by atoms with Gasteiger partial charge in [-0.25, -0.2) is 8.42 Å². The molecule has 33 heavy (non-hydrogen) atoms. The number of nitrogens with zero attached hydrogens (tertiary/aromatic N) is 2. The average Bonchev–Trinajstić information content (AvgIpc) is 3.09. The topological polar surface area (TPSA) is 121 Å². The van der Waals surface area contributed by atoms with E-state index in [-0.39, 0.29) is 48.5 Å². The van der Waals surface area contributed by atoms with Crippen molar-refractivity contribution in [3.8, 4) is 0 Å². The fourth-order valence-electron chi connectivity index (χ4n) is 4.13. The smallest absolute Gasteiger partial charge is 0.748 e. The number of carbonyl (C=O) groups excluding carboxylic acids is 1. The number of hydrogen-bond donors (Lipinski definition) is 2. The molecule has 0 bridgehead atoms. The Bertz CT molecular complexity index is 712. The molecule has 0 aromatic carbocycles. The molecule has 0 fully saturated rings. The third kappa shape index (κ3) is 15.3. The zero-order valence-electron chi connectivity index (χ0n) is 20.6. The maximum absolute atomic E-state index is 12.8. The molecule has 1 atom stereocenters. The minimum atomic E-state index is -4.54. The number of Topliss-reactive ketones (excluding diaryl/α,β-unsaturated/α-hetero) is 1. The van der Waals surface area contributed by atoms with E-state index in [1.165, 1.54) is 44.9 Å². The third-order valence-corrected chi connectivity index (χ3v) is 6.49. The minimum absolute atomic E-state index is 0. The van der Waals surface area contributed by atoms with Crippen LogP contribution in [0.4, 0.5) is 0 Å². The van der Waals surface area contributed by atoms with Crippen LogP contribution < -0.4 is 29.6 Å². The molecule has 186 valence electrons. The summed E-state index contributed by atoms with van der Waals surface area (Å²) in [4.78, 5) is 14.6. The van der Waals surface area contributed by atoms with Crippen LogP contribution in [-0.2, 0) is 14.9 Å². The SMILES string of the molecule is C/C=C/CCCCCCCCCCCC(=O)C1=[N+](CC(O)CS(=O)(=O)[O-])CCN1CCO.[Na+]. The molecule has 0 aromatic heterocycles. The Balaban J connectivity index is 0.0000102. The van der Waals surface area contributed by atoms with Gasteiger partial charge in [0.05, 0.1) is 22.5 Å². The van der Waals surface area contributed by atoms with Gasteiger partial charge in [-0.1, -0.05) is 57.1 Å². The first-order valence-corrected chi connectivity index (χ1v) is 13.6. The molecule has 1 heterocycles. The number of unbranched alkanes of at least 4 members (excludes halogenated alkanes) is 9. The predicted molar refractivity (Wildman–Crippen MR) is 125 cm³/mol. The van der Waals surface area contributed by atoms with Crippen LogP contribution in [0.2, 0.25) is 0 Å². The molecule has 1 unspecified atom stereocenters. The van der Waals surface area contributed by atoms with E-state index < -0.39 is 22.0 Å². The van der Waals surface area contributed by atoms with E-state index in [2.05, 4.69) is 19.1 Å². The monoisotopic (exact) mass is 497 g/mol. The van der Waals surface area contributed by atoms with Crippen LogP contribution in [0.1, 0.15) is 77.6 Å². The Hall–Kier alpha value is -0.290. The number of β-amino-alcohol motifs (C(OH)–C–C–N with tert-alkyl or cyclic N) is 2. The van der Waals surface area contributed by atoms with E-state index in [0.717, 1.165) is 19.3 Å². The van der Waals surface area contributed by atoms with Gasteiger partial charge in [0, 0.05) is 6.42 Å². The van der Waals surface area contributed by atoms with Crippen LogP contribution in [0.25, 0.3) is 0 Å². The zero-order chi connectivity index (χ0) is 23.8. The quantitative estimate of drug-likeness (QED) is 0.0776. The van der Waals surface area contributed by atoms with E-state index >= 15 is 0 Å². The molecule has 0 spiro atoms. The summed E-state index contributed by atoms with van der Waals surface area (Å²) in [6, 6.07) is 0. The summed E-state index contributed by atoms with van der Waals surface area (Å²) >= 11 is 0. The second-order valence-electron chi connectivity index (χ2n) is 8.57. The van der Waals surface area contributed by atoms with Gasteiger partial charge < -0.3 is 14.8 Å². The summed E-state index contributed by atoms with van der Waals surface area (Å²) < 4.78 is 34.3. The first kappa shape index (κ1) is 32.7. The summed E-state index contributed by atoms with van der Waals surface area (Å²) in [6.07, 6.45) is 14.9. The second-order valence-corrected chi connectivity index (χ2v) is 10.0. The Labute approximate surface area is 222 Å². The van der Waals surface area contributed by atoms with Crippen molar-refractivity contribution in [1.82, 2.24) is 4.90 Å². The van der Waals surface area contributed by atoms with Crippen molar-refractivity contribution >= 4 is 21.7 Å². The predicted octanol–water partition coefficient (Wildman–Crippen LogP) is -0.948. The number of hydrogen-bond acceptors (Lipinski definition) is 7. The fourth-order valence-corrected chi connectivity index (χ4v) is 4.71. The largest absolute Gasteiger partial charge is 1.00 e. The maximum Gasteiger partial charge on any atom is 1.00 e. The maximum atomic E-state index is 12.8. The molecule has 0 saturated heterocycles. The molecular formula is C23H42N2NaO6S+. The molecular weight excluding hydrogens is 455 g/mol. The van der Waals surface area contributed by atoms with Gasteiger partial charge in [0.15, 0.2) is 0 Å². The standard InChI is InChI=1S/C23H42N2O6S.Na/c1-2-3-4-5-6-7-8-9-10-11-12-13-14-22(28)23-24(17-18-26)15-16-25(23)19-21(27)20-32(29,30)31;/h2-3,21,26-27H,4-20H2,1H3;/q;+1/b3-2+;. The van der Waals surface area contributed by atoms with Gasteiger partial charge in [0.25, 0.3) is 0 Å². The van der Waals surface area contributed by atoms with Crippen LogP contribution in [0.15, 0.2) is 12.2 Å². The second kappa shape index (κ2) is 19.0. The van der Waals surface area contributed by atoms with Gasteiger partial charge in [-0.15, -0.1) is 0 Å². The molecule has 1 aliphatic rings. The number of rotatable bonds is 19. The molecule has 2 N–H and O–H groups in total. The molecule has 0 aliphatic carbocycles. The van der Waals surface area contributed by atoms with Crippen molar-refractivity contribution in [2.24, 2.45) is 0 Å². The van der Waals surface area contributed by atoms with Crippen molar-refractivity contribution in [2.45, 2.75) is 83.7 Å². The van der Waals surface area contributed by atoms with Gasteiger partial charge in [-0.2, -0.15) is 0 Å². The van der Waals surface area contributed by atoms with Crippen LogP contribution in [0, 0.1) is 0 Å². The summed E-state index contributed by atoms with van der Waals surface area (Å²) in [5, 5.41) is 19.2. The van der Waals surface area contributed by atoms with E-state index in [0.29, 0.717) is 31.9 Å². The number of aliphatic hydroxyl groups excluding tert-OH is 2. The number of carbonyl (C=O) groups is 1. The van der Waals surface area contributed by atoms with Crippen molar-refractivity contribution in [3.63, 3.8) is 0 Å². The Morgan fingerprint density at radius 2 is 1.70 bits per heavy atom. The number of amidine groups is 1. The van der Waals surface area contributed by atoms with Gasteiger partial charge >= 0.3 is 35.4 Å². The Kier molecular flexibility index (Phi) is 18.8. The van der Waals surface area contributed by atoms with Crippen LogP contribution >= 0.6 is 0 Å². The van der Waals surface area contributed by atoms with Gasteiger partial charge in [-0.05, 0) is 26.2 Å². The molecule has 10 heteroatoms. The molecule has 0 amide bonds. The van der Waals surface area contributed by atoms with Crippen molar-refractivity contribution in [1.29, 1.82) is 0 Å². The van der Waals surface area contributed by atoms with Crippen LogP contribution in [0.3, 0.4) is 0 Å². The number of ketones is 1. The number of aliphatic hydroxyl groups is 2. The van der Waals surface area contributed by atoms with E-state index in [1.54, 1.807) is 9.48 Å². The van der Waals surface area contributed by atoms with Gasteiger partial charge in [0.2, 0.25) is 5.78 Å². The molecule has 8 nitrogen and oxygen atoms in total. The molecule has 0 aromatic rings. The van der Waals surface area contributed by atoms with E-state index in [1.807, 2.05) is 0 Å². The fraction of sp³-hybridized carbons (Fsp3) is 0.826. The van der Waals surface area contributed by atoms with E-state index in [4.69, 9.17) is 0 Å². The summed E-state index contributed by atoms with van der Waals surface area (Å²) in [7, 11) is -4.54. The Morgan fingerprint density at radius 3 is 2.24 bits per heavy atom. The summed E-state index contributed by atoms with van der Waals surface area (Å²) in [6.45, 7) is 3.15. The van der Waals surface area contributed by atoms with Crippen LogP contribution in [0.5, 0.6) is 0 Å². The van der Waals surface area contributed by atoms with Gasteiger partial charge in [-0.3, -0.25) is 14.3 Å². The first-order chi connectivity index (χ1) is 15.3. The summed E-state index contributed by atoms with van der Waals surface area (Å²) in [5.41, 5.74) is 0. The van der Waals surface area contributed by atoms with Gasteiger partial charge in [0.1, 0.15) is 32.3 Å². The molecule has 0 saturated carbocycles. The molecule has 1 aliphatic heterocycles. The minimum Gasteiger partial charge on any atom is -0.748 e. The third-order valence-electron chi connectivity index (χ3n) is 5.70. The Morgan fingerprint density at radius 1 is 1.12 bits per heavy atom. The average molecular weight is 498 g/mol. The van der Waals surface area contributed by atoms with Crippen molar-refractivity contribution in [2.75, 3.05) is 38.5 Å². The van der Waals surface area contributed by atoms with Crippen LogP contribution in [-0.4, -0.2) is 88.9 Å². The van der Waals surface area contributed by atoms with Crippen molar-refractivity contribution in [3.05, 3.63) is 12.2 Å². The summed E-state index contributed by atoms with van der Waals surface area (Å²) in [5.74, 6) is -0.519. The van der Waals surface area contributed by atoms with E-state index in [9.17, 15) is 28.0 Å². The molecule has 1 rings (SSSR count). The zero-order valence-corrected chi connectivity index (χ0v) is 23.4. The number of allylic oxidation sites excluding steroid dienone is 2. The molecule has 0 radical (unpaired) electrons. The first-order valence-electron chi connectivity index (χ1n) is 12.0. The van der Waals surface area contributed by atoms with Crippen molar-refractivity contribution < 1.29 is 62.1 Å². The normalized spacial score (nSPS) is 15.3.